The van der Waals surface area contributed by atoms with Gasteiger partial charge in [-0.25, -0.2) is 8.42 Å². The maximum Gasteiger partial charge on any atom is 0.263 e. The number of hydrogen-bond donors (Lipinski definition) is 2. The lowest BCUT2D eigenvalue weighted by Crippen LogP contribution is -2.17. The van der Waals surface area contributed by atoms with Crippen molar-refractivity contribution in [1.29, 1.82) is 0 Å². The Morgan fingerprint density at radius 2 is 1.90 bits per heavy atom. The van der Waals surface area contributed by atoms with Crippen LogP contribution in [0.3, 0.4) is 0 Å². The molecule has 1 aromatic heterocycles. The Morgan fingerprint density at radius 1 is 1.20 bits per heavy atom. The quantitative estimate of drug-likeness (QED) is 0.703. The van der Waals surface area contributed by atoms with E-state index in [-0.39, 0.29) is 0 Å². The molecule has 0 fully saturated rings. The van der Waals surface area contributed by atoms with Crippen molar-refractivity contribution in [1.82, 2.24) is 5.32 Å². The Bertz CT molecular complexity index is 666. The Balaban J connectivity index is 2.22. The molecule has 0 spiro atoms. The van der Waals surface area contributed by atoms with Gasteiger partial charge < -0.3 is 5.32 Å². The summed E-state index contributed by atoms with van der Waals surface area (Å²) in [6, 6.07) is 8.90. The third-order valence-electron chi connectivity index (χ3n) is 2.63. The lowest BCUT2D eigenvalue weighted by Gasteiger charge is -2.09. The maximum absolute atomic E-state index is 12.4. The highest BCUT2D eigenvalue weighted by Crippen LogP contribution is 2.24. The number of thiophene rings is 1. The zero-order valence-electron chi connectivity index (χ0n) is 10.9. The van der Waals surface area contributed by atoms with Crippen molar-refractivity contribution >= 4 is 49.6 Å². The van der Waals surface area contributed by atoms with Gasteiger partial charge in [0.05, 0.1) is 0 Å². The SMILES string of the molecule is CCNCc1sccc1S(=O)(=O)Nc1ccc(I)cc1. The lowest BCUT2D eigenvalue weighted by molar-refractivity contribution is 0.599. The van der Waals surface area contributed by atoms with Crippen molar-refractivity contribution in [3.63, 3.8) is 0 Å². The van der Waals surface area contributed by atoms with Gasteiger partial charge in [-0.3, -0.25) is 4.72 Å². The fourth-order valence-corrected chi connectivity index (χ4v) is 4.50. The molecular weight excluding hydrogens is 407 g/mol. The van der Waals surface area contributed by atoms with E-state index < -0.39 is 10.0 Å². The predicted molar refractivity (Wildman–Crippen MR) is 91.7 cm³/mol. The molecule has 0 aliphatic heterocycles. The van der Waals surface area contributed by atoms with E-state index in [1.807, 2.05) is 19.1 Å². The molecule has 2 aromatic rings. The van der Waals surface area contributed by atoms with E-state index in [1.54, 1.807) is 23.6 Å². The Hall–Kier alpha value is -0.640. The molecule has 0 atom stereocenters. The highest BCUT2D eigenvalue weighted by molar-refractivity contribution is 14.1. The number of halogens is 1. The van der Waals surface area contributed by atoms with Crippen LogP contribution in [0.4, 0.5) is 5.69 Å². The van der Waals surface area contributed by atoms with E-state index in [0.29, 0.717) is 17.1 Å². The van der Waals surface area contributed by atoms with Gasteiger partial charge in [-0.05, 0) is 64.8 Å². The Labute approximate surface area is 136 Å². The van der Waals surface area contributed by atoms with Gasteiger partial charge in [-0.1, -0.05) is 6.92 Å². The van der Waals surface area contributed by atoms with Gasteiger partial charge in [-0.15, -0.1) is 11.3 Å². The van der Waals surface area contributed by atoms with Crippen LogP contribution in [0, 0.1) is 3.57 Å². The molecule has 0 aliphatic rings. The smallest absolute Gasteiger partial charge is 0.263 e. The topological polar surface area (TPSA) is 58.2 Å². The van der Waals surface area contributed by atoms with Crippen LogP contribution in [-0.4, -0.2) is 15.0 Å². The molecule has 0 aliphatic carbocycles. The Kier molecular flexibility index (Phi) is 5.42. The van der Waals surface area contributed by atoms with E-state index in [4.69, 9.17) is 0 Å². The normalized spacial score (nSPS) is 11.5. The second-order valence-electron chi connectivity index (χ2n) is 4.10. The molecular formula is C13H15IN2O2S2. The fraction of sp³-hybridized carbons (Fsp3) is 0.231. The molecule has 0 amide bonds. The minimum atomic E-state index is -3.53. The Morgan fingerprint density at radius 3 is 2.55 bits per heavy atom. The largest absolute Gasteiger partial charge is 0.312 e. The summed E-state index contributed by atoms with van der Waals surface area (Å²) in [5.74, 6) is 0. The summed E-state index contributed by atoms with van der Waals surface area (Å²) in [7, 11) is -3.53. The molecule has 20 heavy (non-hydrogen) atoms. The highest BCUT2D eigenvalue weighted by atomic mass is 127. The first-order valence-corrected chi connectivity index (χ1v) is 9.52. The average Bonchev–Trinajstić information content (AvgIpc) is 2.88. The third-order valence-corrected chi connectivity index (χ3v) is 5.86. The van der Waals surface area contributed by atoms with Crippen LogP contribution < -0.4 is 10.0 Å². The van der Waals surface area contributed by atoms with Crippen molar-refractivity contribution in [2.45, 2.75) is 18.4 Å². The van der Waals surface area contributed by atoms with E-state index in [2.05, 4.69) is 32.6 Å². The molecule has 1 heterocycles. The lowest BCUT2D eigenvalue weighted by atomic mass is 10.3. The first-order valence-electron chi connectivity index (χ1n) is 6.08. The molecule has 0 saturated heterocycles. The minimum absolute atomic E-state index is 0.349. The molecule has 4 nitrogen and oxygen atoms in total. The molecule has 0 bridgehead atoms. The summed E-state index contributed by atoms with van der Waals surface area (Å²) >= 11 is 3.63. The van der Waals surface area contributed by atoms with Gasteiger partial charge in [0.1, 0.15) is 4.90 Å². The molecule has 2 rings (SSSR count). The second-order valence-corrected chi connectivity index (χ2v) is 8.00. The van der Waals surface area contributed by atoms with Crippen molar-refractivity contribution in [2.75, 3.05) is 11.3 Å². The minimum Gasteiger partial charge on any atom is -0.312 e. The number of sulfonamides is 1. The molecule has 7 heteroatoms. The van der Waals surface area contributed by atoms with Crippen LogP contribution in [0.25, 0.3) is 0 Å². The standard InChI is InChI=1S/C13H15IN2O2S2/c1-2-15-9-12-13(7-8-19-12)20(17,18)16-11-5-3-10(14)4-6-11/h3-8,15-16H,2,9H2,1H3. The maximum atomic E-state index is 12.4. The third kappa shape index (κ3) is 3.94. The van der Waals surface area contributed by atoms with Crippen molar-refractivity contribution in [3.8, 4) is 0 Å². The van der Waals surface area contributed by atoms with E-state index in [9.17, 15) is 8.42 Å². The molecule has 0 unspecified atom stereocenters. The first-order chi connectivity index (χ1) is 9.53. The van der Waals surface area contributed by atoms with E-state index in [1.165, 1.54) is 11.3 Å². The monoisotopic (exact) mass is 422 g/mol. The second kappa shape index (κ2) is 6.88. The summed E-state index contributed by atoms with van der Waals surface area (Å²) in [6.07, 6.45) is 0. The van der Waals surface area contributed by atoms with Gasteiger partial charge in [0.25, 0.3) is 10.0 Å². The van der Waals surface area contributed by atoms with Gasteiger partial charge >= 0.3 is 0 Å². The summed E-state index contributed by atoms with van der Waals surface area (Å²) in [6.45, 7) is 3.37. The number of benzene rings is 1. The number of rotatable bonds is 6. The first kappa shape index (κ1) is 15.7. The molecule has 0 saturated carbocycles. The molecule has 2 N–H and O–H groups in total. The van der Waals surface area contributed by atoms with Crippen molar-refractivity contribution in [2.24, 2.45) is 0 Å². The van der Waals surface area contributed by atoms with Crippen LogP contribution >= 0.6 is 33.9 Å². The summed E-state index contributed by atoms with van der Waals surface area (Å²) in [5.41, 5.74) is 0.575. The number of hydrogen-bond acceptors (Lipinski definition) is 4. The van der Waals surface area contributed by atoms with E-state index in [0.717, 1.165) is 15.0 Å². The van der Waals surface area contributed by atoms with E-state index >= 15 is 0 Å². The molecule has 108 valence electrons. The zero-order chi connectivity index (χ0) is 14.6. The van der Waals surface area contributed by atoms with Crippen LogP contribution in [0.2, 0.25) is 0 Å². The van der Waals surface area contributed by atoms with Gasteiger partial charge in [0, 0.05) is 20.7 Å². The summed E-state index contributed by atoms with van der Waals surface area (Å²) < 4.78 is 28.5. The summed E-state index contributed by atoms with van der Waals surface area (Å²) in [4.78, 5) is 1.17. The summed E-state index contributed by atoms with van der Waals surface area (Å²) in [5, 5.41) is 4.95. The van der Waals surface area contributed by atoms with Crippen LogP contribution in [0.1, 0.15) is 11.8 Å². The van der Waals surface area contributed by atoms with Crippen molar-refractivity contribution < 1.29 is 8.42 Å². The molecule has 1 aromatic carbocycles. The van der Waals surface area contributed by atoms with Crippen LogP contribution in [0.5, 0.6) is 0 Å². The van der Waals surface area contributed by atoms with Gasteiger partial charge in [-0.2, -0.15) is 0 Å². The van der Waals surface area contributed by atoms with Crippen LogP contribution in [-0.2, 0) is 16.6 Å². The zero-order valence-corrected chi connectivity index (χ0v) is 14.7. The van der Waals surface area contributed by atoms with Crippen molar-refractivity contribution in [3.05, 3.63) is 44.2 Å². The fourth-order valence-electron chi connectivity index (χ4n) is 1.66. The highest BCUT2D eigenvalue weighted by Gasteiger charge is 2.19. The number of anilines is 1. The predicted octanol–water partition coefficient (Wildman–Crippen LogP) is 3.26. The number of nitrogens with one attached hydrogen (secondary N) is 2. The average molecular weight is 422 g/mol. The van der Waals surface area contributed by atoms with Crippen LogP contribution in [0.15, 0.2) is 40.6 Å². The molecule has 0 radical (unpaired) electrons. The van der Waals surface area contributed by atoms with Gasteiger partial charge in [0.15, 0.2) is 0 Å². The van der Waals surface area contributed by atoms with Gasteiger partial charge in [0.2, 0.25) is 0 Å².